The van der Waals surface area contributed by atoms with E-state index in [1.807, 2.05) is 36.4 Å². The Morgan fingerprint density at radius 3 is 2.48 bits per heavy atom. The van der Waals surface area contributed by atoms with E-state index in [-0.39, 0.29) is 12.5 Å². The fourth-order valence-corrected chi connectivity index (χ4v) is 1.96. The van der Waals surface area contributed by atoms with Crippen molar-refractivity contribution in [3.05, 3.63) is 71.8 Å². The number of para-hydroxylation sites is 1. The maximum Gasteiger partial charge on any atom is 0.340 e. The van der Waals surface area contributed by atoms with Crippen LogP contribution in [0.15, 0.2) is 60.7 Å². The van der Waals surface area contributed by atoms with Gasteiger partial charge in [0, 0.05) is 6.42 Å². The van der Waals surface area contributed by atoms with Crippen molar-refractivity contribution in [2.75, 3.05) is 11.9 Å². The molecule has 1 N–H and O–H groups in total. The Balaban J connectivity index is 1.95. The third-order valence-corrected chi connectivity index (χ3v) is 3.16. The fraction of sp³-hybridized carbons (Fsp3) is 0.158. The van der Waals surface area contributed by atoms with Gasteiger partial charge in [-0.05, 0) is 23.8 Å². The molecule has 2 aromatic rings. The molecule has 2 rings (SSSR count). The number of anilines is 1. The third kappa shape index (κ3) is 5.11. The summed E-state index contributed by atoms with van der Waals surface area (Å²) in [4.78, 5) is 23.6. The van der Waals surface area contributed by atoms with Gasteiger partial charge in [-0.3, -0.25) is 4.79 Å². The number of esters is 1. The number of nitrogens with one attached hydrogen (secondary N) is 1. The lowest BCUT2D eigenvalue weighted by molar-refractivity contribution is -0.115. The van der Waals surface area contributed by atoms with Gasteiger partial charge < -0.3 is 10.1 Å². The van der Waals surface area contributed by atoms with Crippen molar-refractivity contribution in [1.82, 2.24) is 0 Å². The minimum absolute atomic E-state index is 0.144. The highest BCUT2D eigenvalue weighted by Gasteiger charge is 2.13. The van der Waals surface area contributed by atoms with E-state index in [1.54, 1.807) is 37.3 Å². The summed E-state index contributed by atoms with van der Waals surface area (Å²) < 4.78 is 5.23. The molecule has 0 aliphatic carbocycles. The Morgan fingerprint density at radius 1 is 1.04 bits per heavy atom. The van der Waals surface area contributed by atoms with Gasteiger partial charge in [0.25, 0.3) is 0 Å². The van der Waals surface area contributed by atoms with Crippen molar-refractivity contribution in [3.8, 4) is 0 Å². The van der Waals surface area contributed by atoms with Crippen LogP contribution < -0.4 is 5.32 Å². The number of hydrogen-bond donors (Lipinski definition) is 1. The van der Waals surface area contributed by atoms with Crippen LogP contribution in [0.5, 0.6) is 0 Å². The predicted octanol–water partition coefficient (Wildman–Crippen LogP) is 3.91. The number of amides is 1. The van der Waals surface area contributed by atoms with Crippen LogP contribution in [0.1, 0.15) is 29.3 Å². The van der Waals surface area contributed by atoms with E-state index in [0.717, 1.165) is 5.56 Å². The average Bonchev–Trinajstić information content (AvgIpc) is 2.59. The van der Waals surface area contributed by atoms with Crippen LogP contribution in [-0.2, 0) is 9.53 Å². The maximum absolute atomic E-state index is 12.1. The zero-order chi connectivity index (χ0) is 16.5. The highest BCUT2D eigenvalue weighted by Crippen LogP contribution is 2.16. The van der Waals surface area contributed by atoms with Gasteiger partial charge in [0.2, 0.25) is 5.91 Å². The smallest absolute Gasteiger partial charge is 0.340 e. The average molecular weight is 309 g/mol. The van der Waals surface area contributed by atoms with Gasteiger partial charge in [-0.2, -0.15) is 0 Å². The molecule has 0 atom stereocenters. The lowest BCUT2D eigenvalue weighted by atomic mass is 10.1. The Morgan fingerprint density at radius 2 is 1.74 bits per heavy atom. The maximum atomic E-state index is 12.1. The zero-order valence-corrected chi connectivity index (χ0v) is 13.0. The summed E-state index contributed by atoms with van der Waals surface area (Å²) in [5, 5.41) is 2.70. The van der Waals surface area contributed by atoms with E-state index in [1.165, 1.54) is 0 Å². The van der Waals surface area contributed by atoms with Crippen molar-refractivity contribution in [3.63, 3.8) is 0 Å². The largest absolute Gasteiger partial charge is 0.458 e. The van der Waals surface area contributed by atoms with E-state index in [0.29, 0.717) is 17.7 Å². The molecule has 118 valence electrons. The number of benzene rings is 2. The molecular formula is C19H19NO3. The lowest BCUT2D eigenvalue weighted by Gasteiger charge is -2.09. The Bertz CT molecular complexity index is 693. The van der Waals surface area contributed by atoms with E-state index >= 15 is 0 Å². The van der Waals surface area contributed by atoms with Gasteiger partial charge in [-0.15, -0.1) is 0 Å². The number of rotatable bonds is 6. The number of carbonyl (C=O) groups is 2. The van der Waals surface area contributed by atoms with Crippen molar-refractivity contribution in [1.29, 1.82) is 0 Å². The second-order valence-corrected chi connectivity index (χ2v) is 4.86. The number of carbonyl (C=O) groups excluding carboxylic acids is 2. The lowest BCUT2D eigenvalue weighted by Crippen LogP contribution is -2.14. The third-order valence-electron chi connectivity index (χ3n) is 3.16. The monoisotopic (exact) mass is 309 g/mol. The zero-order valence-electron chi connectivity index (χ0n) is 13.0. The predicted molar refractivity (Wildman–Crippen MR) is 91.1 cm³/mol. The molecular weight excluding hydrogens is 290 g/mol. The van der Waals surface area contributed by atoms with Gasteiger partial charge in [0.1, 0.15) is 6.61 Å². The highest BCUT2D eigenvalue weighted by atomic mass is 16.5. The molecule has 0 aromatic heterocycles. The highest BCUT2D eigenvalue weighted by molar-refractivity contribution is 6.01. The molecule has 0 saturated heterocycles. The molecule has 0 spiro atoms. The standard InChI is InChI=1S/C19H19NO3/c1-2-18(21)20-17-13-7-6-12-16(17)19(22)23-14-8-11-15-9-4-3-5-10-15/h3-13H,2,14H2,1H3,(H,20,21). The van der Waals surface area contributed by atoms with Crippen LogP contribution in [0.3, 0.4) is 0 Å². The van der Waals surface area contributed by atoms with E-state index < -0.39 is 5.97 Å². The molecule has 4 nitrogen and oxygen atoms in total. The molecule has 0 heterocycles. The summed E-state index contributed by atoms with van der Waals surface area (Å²) in [5.41, 5.74) is 1.86. The normalized spacial score (nSPS) is 10.5. The van der Waals surface area contributed by atoms with Crippen molar-refractivity contribution < 1.29 is 14.3 Å². The van der Waals surface area contributed by atoms with Crippen LogP contribution in [0.4, 0.5) is 5.69 Å². The van der Waals surface area contributed by atoms with Gasteiger partial charge in [-0.25, -0.2) is 4.79 Å². The SMILES string of the molecule is CCC(=O)Nc1ccccc1C(=O)OCC=Cc1ccccc1. The van der Waals surface area contributed by atoms with Gasteiger partial charge >= 0.3 is 5.97 Å². The molecule has 0 bridgehead atoms. The second kappa shape index (κ2) is 8.54. The van der Waals surface area contributed by atoms with Gasteiger partial charge in [-0.1, -0.05) is 55.5 Å². The molecule has 0 aliphatic heterocycles. The van der Waals surface area contributed by atoms with E-state index in [4.69, 9.17) is 4.74 Å². The molecule has 2 aromatic carbocycles. The Kier molecular flexibility index (Phi) is 6.12. The molecule has 0 saturated carbocycles. The molecule has 23 heavy (non-hydrogen) atoms. The van der Waals surface area contributed by atoms with Crippen LogP contribution >= 0.6 is 0 Å². The summed E-state index contributed by atoms with van der Waals surface area (Å²) in [6.45, 7) is 1.93. The first-order valence-electron chi connectivity index (χ1n) is 7.48. The summed E-state index contributed by atoms with van der Waals surface area (Å²) >= 11 is 0. The summed E-state index contributed by atoms with van der Waals surface area (Å²) in [7, 11) is 0. The van der Waals surface area contributed by atoms with Crippen molar-refractivity contribution >= 4 is 23.6 Å². The van der Waals surface area contributed by atoms with E-state index in [9.17, 15) is 9.59 Å². The van der Waals surface area contributed by atoms with E-state index in [2.05, 4.69) is 5.32 Å². The van der Waals surface area contributed by atoms with Crippen molar-refractivity contribution in [2.24, 2.45) is 0 Å². The van der Waals surface area contributed by atoms with Crippen LogP contribution in [0.25, 0.3) is 6.08 Å². The molecule has 0 aliphatic rings. The fourth-order valence-electron chi connectivity index (χ4n) is 1.96. The minimum atomic E-state index is -0.463. The molecule has 0 unspecified atom stereocenters. The van der Waals surface area contributed by atoms with Crippen molar-refractivity contribution in [2.45, 2.75) is 13.3 Å². The van der Waals surface area contributed by atoms with Crippen LogP contribution in [0, 0.1) is 0 Å². The Labute approximate surface area is 135 Å². The minimum Gasteiger partial charge on any atom is -0.458 e. The number of hydrogen-bond acceptors (Lipinski definition) is 3. The molecule has 4 heteroatoms. The first kappa shape index (κ1) is 16.5. The first-order valence-corrected chi connectivity index (χ1v) is 7.48. The van der Waals surface area contributed by atoms with Gasteiger partial charge in [0.05, 0.1) is 11.3 Å². The first-order chi connectivity index (χ1) is 11.2. The molecule has 1 amide bonds. The summed E-state index contributed by atoms with van der Waals surface area (Å²) in [5.74, 6) is -0.607. The Hall–Kier alpha value is -2.88. The molecule has 0 fully saturated rings. The topological polar surface area (TPSA) is 55.4 Å². The summed E-state index contributed by atoms with van der Waals surface area (Å²) in [6, 6.07) is 16.6. The molecule has 0 radical (unpaired) electrons. The summed E-state index contributed by atoms with van der Waals surface area (Å²) in [6.07, 6.45) is 4.02. The second-order valence-electron chi connectivity index (χ2n) is 4.86. The quantitative estimate of drug-likeness (QED) is 0.823. The van der Waals surface area contributed by atoms with Crippen LogP contribution in [0.2, 0.25) is 0 Å². The van der Waals surface area contributed by atoms with Crippen LogP contribution in [-0.4, -0.2) is 18.5 Å². The van der Waals surface area contributed by atoms with Gasteiger partial charge in [0.15, 0.2) is 0 Å². The number of ether oxygens (including phenoxy) is 1.